The third kappa shape index (κ3) is 3.85. The van der Waals surface area contributed by atoms with Gasteiger partial charge in [-0.3, -0.25) is 4.79 Å². The van der Waals surface area contributed by atoms with E-state index in [2.05, 4.69) is 20.2 Å². The zero-order valence-corrected chi connectivity index (χ0v) is 14.7. The van der Waals surface area contributed by atoms with Gasteiger partial charge in [-0.15, -0.1) is 0 Å². The molecule has 5 nitrogen and oxygen atoms in total. The van der Waals surface area contributed by atoms with E-state index >= 15 is 0 Å². The molecular weight excluding hydrogens is 324 g/mol. The lowest BCUT2D eigenvalue weighted by Gasteiger charge is -2.32. The van der Waals surface area contributed by atoms with Crippen molar-refractivity contribution in [3.05, 3.63) is 46.7 Å². The number of piperidine rings is 1. The summed E-state index contributed by atoms with van der Waals surface area (Å²) in [6.45, 7) is 5.41. The maximum absolute atomic E-state index is 12.6. The second-order valence-corrected chi connectivity index (χ2v) is 6.67. The minimum atomic E-state index is -0.0714. The number of amides is 1. The fourth-order valence-corrected chi connectivity index (χ4v) is 3.19. The molecule has 1 amide bonds. The van der Waals surface area contributed by atoms with Crippen LogP contribution in [0.15, 0.2) is 30.5 Å². The summed E-state index contributed by atoms with van der Waals surface area (Å²) in [6, 6.07) is 7.36. The van der Waals surface area contributed by atoms with E-state index in [4.69, 9.17) is 11.6 Å². The minimum absolute atomic E-state index is 0.0396. The van der Waals surface area contributed by atoms with E-state index in [1.165, 1.54) is 0 Å². The third-order valence-electron chi connectivity index (χ3n) is 4.30. The van der Waals surface area contributed by atoms with Crippen LogP contribution < -0.4 is 10.2 Å². The molecule has 1 saturated heterocycles. The Morgan fingerprint density at radius 1 is 1.33 bits per heavy atom. The molecule has 2 heterocycles. The number of rotatable bonds is 3. The van der Waals surface area contributed by atoms with E-state index in [0.29, 0.717) is 17.5 Å². The highest BCUT2D eigenvalue weighted by Gasteiger charge is 2.27. The van der Waals surface area contributed by atoms with Crippen LogP contribution in [0.3, 0.4) is 0 Å². The van der Waals surface area contributed by atoms with Crippen molar-refractivity contribution in [1.82, 2.24) is 9.97 Å². The lowest BCUT2D eigenvalue weighted by Crippen LogP contribution is -2.41. The molecule has 1 aromatic heterocycles. The first-order valence-electron chi connectivity index (χ1n) is 8.14. The van der Waals surface area contributed by atoms with Crippen molar-refractivity contribution in [3.8, 4) is 0 Å². The summed E-state index contributed by atoms with van der Waals surface area (Å²) in [6.07, 6.45) is 3.59. The van der Waals surface area contributed by atoms with Crippen molar-refractivity contribution < 1.29 is 4.79 Å². The van der Waals surface area contributed by atoms with Gasteiger partial charge in [0.2, 0.25) is 11.9 Å². The molecule has 1 N–H and O–H groups in total. The van der Waals surface area contributed by atoms with Crippen molar-refractivity contribution in [2.75, 3.05) is 23.3 Å². The minimum Gasteiger partial charge on any atom is -0.340 e. The van der Waals surface area contributed by atoms with Crippen LogP contribution in [-0.2, 0) is 4.79 Å². The molecule has 0 bridgehead atoms. The van der Waals surface area contributed by atoms with E-state index in [1.54, 1.807) is 12.3 Å². The highest BCUT2D eigenvalue weighted by atomic mass is 35.5. The number of anilines is 2. The molecule has 1 aliphatic rings. The summed E-state index contributed by atoms with van der Waals surface area (Å²) in [7, 11) is 0. The van der Waals surface area contributed by atoms with E-state index in [0.717, 1.165) is 36.3 Å². The first kappa shape index (κ1) is 16.7. The SMILES string of the molecule is Cc1ccnc(N2CCC[C@H](C(=O)Nc3ccc(Cl)cc3C)C2)n1. The van der Waals surface area contributed by atoms with Crippen molar-refractivity contribution in [2.45, 2.75) is 26.7 Å². The van der Waals surface area contributed by atoms with Gasteiger partial charge in [-0.1, -0.05) is 11.6 Å². The van der Waals surface area contributed by atoms with Crippen LogP contribution in [0.4, 0.5) is 11.6 Å². The number of hydrogen-bond donors (Lipinski definition) is 1. The maximum Gasteiger partial charge on any atom is 0.229 e. The summed E-state index contributed by atoms with van der Waals surface area (Å²) in [5.74, 6) is 0.672. The molecule has 2 aromatic rings. The Labute approximate surface area is 147 Å². The molecule has 0 aliphatic carbocycles. The molecular formula is C18H21ClN4O. The van der Waals surface area contributed by atoms with Crippen LogP contribution >= 0.6 is 11.6 Å². The van der Waals surface area contributed by atoms with Crippen LogP contribution in [0.5, 0.6) is 0 Å². The first-order valence-corrected chi connectivity index (χ1v) is 8.52. The van der Waals surface area contributed by atoms with Crippen molar-refractivity contribution in [1.29, 1.82) is 0 Å². The second kappa shape index (κ2) is 7.18. The maximum atomic E-state index is 12.6. The van der Waals surface area contributed by atoms with Gasteiger partial charge in [-0.05, 0) is 56.5 Å². The topological polar surface area (TPSA) is 58.1 Å². The van der Waals surface area contributed by atoms with Crippen LogP contribution in [0.2, 0.25) is 5.02 Å². The molecule has 1 atom stereocenters. The van der Waals surface area contributed by atoms with Crippen molar-refractivity contribution in [2.24, 2.45) is 5.92 Å². The van der Waals surface area contributed by atoms with Crippen LogP contribution in [-0.4, -0.2) is 29.0 Å². The summed E-state index contributed by atoms with van der Waals surface area (Å²) in [4.78, 5) is 23.5. The van der Waals surface area contributed by atoms with Crippen molar-refractivity contribution >= 4 is 29.1 Å². The lowest BCUT2D eigenvalue weighted by molar-refractivity contribution is -0.120. The molecule has 6 heteroatoms. The molecule has 0 spiro atoms. The van der Waals surface area contributed by atoms with Crippen LogP contribution in [0.1, 0.15) is 24.1 Å². The Morgan fingerprint density at radius 2 is 2.17 bits per heavy atom. The van der Waals surface area contributed by atoms with Gasteiger partial charge in [0.15, 0.2) is 0 Å². The number of carbonyl (C=O) groups excluding carboxylic acids is 1. The van der Waals surface area contributed by atoms with Gasteiger partial charge in [0.1, 0.15) is 0 Å². The predicted molar refractivity (Wildman–Crippen MR) is 96.5 cm³/mol. The average Bonchev–Trinajstić information content (AvgIpc) is 2.57. The standard InChI is InChI=1S/C18H21ClN4O/c1-12-10-15(19)5-6-16(12)22-17(24)14-4-3-9-23(11-14)18-20-8-7-13(2)21-18/h5-8,10,14H,3-4,9,11H2,1-2H3,(H,22,24)/t14-/m0/s1. The highest BCUT2D eigenvalue weighted by Crippen LogP contribution is 2.24. The highest BCUT2D eigenvalue weighted by molar-refractivity contribution is 6.30. The molecule has 0 radical (unpaired) electrons. The first-order chi connectivity index (χ1) is 11.5. The van der Waals surface area contributed by atoms with Gasteiger partial charge in [-0.25, -0.2) is 9.97 Å². The fraction of sp³-hybridized carbons (Fsp3) is 0.389. The Kier molecular flexibility index (Phi) is 5.00. The number of benzene rings is 1. The van der Waals surface area contributed by atoms with E-state index in [9.17, 15) is 4.79 Å². The number of hydrogen-bond acceptors (Lipinski definition) is 4. The number of nitrogens with zero attached hydrogens (tertiary/aromatic N) is 3. The Balaban J connectivity index is 1.69. The number of aromatic nitrogens is 2. The number of nitrogens with one attached hydrogen (secondary N) is 1. The average molecular weight is 345 g/mol. The van der Waals surface area contributed by atoms with E-state index in [-0.39, 0.29) is 11.8 Å². The molecule has 1 aliphatic heterocycles. The summed E-state index contributed by atoms with van der Waals surface area (Å²) < 4.78 is 0. The Hall–Kier alpha value is -2.14. The molecule has 0 unspecified atom stereocenters. The zero-order valence-electron chi connectivity index (χ0n) is 13.9. The van der Waals surface area contributed by atoms with Gasteiger partial charge in [0.25, 0.3) is 0 Å². The van der Waals surface area contributed by atoms with Gasteiger partial charge < -0.3 is 10.2 Å². The smallest absolute Gasteiger partial charge is 0.229 e. The summed E-state index contributed by atoms with van der Waals surface area (Å²) in [5.41, 5.74) is 2.71. The number of carbonyl (C=O) groups is 1. The Bertz CT molecular complexity index is 750. The monoisotopic (exact) mass is 344 g/mol. The largest absolute Gasteiger partial charge is 0.340 e. The normalized spacial score (nSPS) is 17.6. The summed E-state index contributed by atoms with van der Waals surface area (Å²) >= 11 is 5.97. The fourth-order valence-electron chi connectivity index (χ4n) is 2.96. The van der Waals surface area contributed by atoms with Crippen LogP contribution in [0, 0.1) is 19.8 Å². The van der Waals surface area contributed by atoms with E-state index in [1.807, 2.05) is 32.0 Å². The van der Waals surface area contributed by atoms with E-state index < -0.39 is 0 Å². The number of halogens is 1. The van der Waals surface area contributed by atoms with Gasteiger partial charge >= 0.3 is 0 Å². The molecule has 126 valence electrons. The molecule has 24 heavy (non-hydrogen) atoms. The van der Waals surface area contributed by atoms with Gasteiger partial charge in [0.05, 0.1) is 5.92 Å². The van der Waals surface area contributed by atoms with Gasteiger partial charge in [-0.2, -0.15) is 0 Å². The predicted octanol–water partition coefficient (Wildman–Crippen LogP) is 3.60. The summed E-state index contributed by atoms with van der Waals surface area (Å²) in [5, 5.41) is 3.70. The second-order valence-electron chi connectivity index (χ2n) is 6.23. The molecule has 1 aromatic carbocycles. The number of aryl methyl sites for hydroxylation is 2. The van der Waals surface area contributed by atoms with Crippen molar-refractivity contribution in [3.63, 3.8) is 0 Å². The third-order valence-corrected chi connectivity index (χ3v) is 4.54. The zero-order chi connectivity index (χ0) is 17.1. The van der Waals surface area contributed by atoms with Gasteiger partial charge in [0, 0.05) is 35.7 Å². The molecule has 3 rings (SSSR count). The lowest BCUT2D eigenvalue weighted by atomic mass is 9.97. The molecule has 0 saturated carbocycles. The quantitative estimate of drug-likeness (QED) is 0.924. The molecule has 1 fully saturated rings. The Morgan fingerprint density at radius 3 is 2.92 bits per heavy atom. The van der Waals surface area contributed by atoms with Crippen LogP contribution in [0.25, 0.3) is 0 Å².